The first kappa shape index (κ1) is 15.4. The Hall–Kier alpha value is -2.65. The first-order valence-electron chi connectivity index (χ1n) is 5.52. The molecule has 0 spiro atoms. The number of carbonyl (C=O) groups is 2. The number of hydrogen-bond acceptors (Lipinski definition) is 7. The van der Waals surface area contributed by atoms with Crippen molar-refractivity contribution in [3.8, 4) is 5.88 Å². The second kappa shape index (κ2) is 6.50. The monoisotopic (exact) mass is 286 g/mol. The molecule has 1 N–H and O–H groups in total. The van der Waals surface area contributed by atoms with Crippen molar-refractivity contribution in [2.24, 2.45) is 0 Å². The number of ether oxygens (including phenoxy) is 2. The van der Waals surface area contributed by atoms with E-state index in [0.717, 1.165) is 10.9 Å². The van der Waals surface area contributed by atoms with Crippen LogP contribution in [-0.4, -0.2) is 47.3 Å². The van der Waals surface area contributed by atoms with Gasteiger partial charge in [0.05, 0.1) is 19.1 Å². The highest BCUT2D eigenvalue weighted by atomic mass is 16.6. The standard InChI is InChI=1S/C10H14N4O6/c1-6(9(16)11-4-8(15)19-2)13-5-7(14(17)18)10(12-13)20-3/h5-6H,4H2,1-3H3,(H,11,16). The van der Waals surface area contributed by atoms with Crippen LogP contribution in [0.4, 0.5) is 5.69 Å². The van der Waals surface area contributed by atoms with E-state index in [0.29, 0.717) is 0 Å². The quantitative estimate of drug-likeness (QED) is 0.430. The molecule has 110 valence electrons. The number of nitro groups is 1. The average Bonchev–Trinajstić information content (AvgIpc) is 2.87. The molecule has 1 heterocycles. The molecule has 0 fully saturated rings. The molecule has 1 aromatic heterocycles. The SMILES string of the molecule is COC(=O)CNC(=O)C(C)n1cc([N+](=O)[O-])c(OC)n1. The van der Waals surface area contributed by atoms with Crippen LogP contribution in [0.2, 0.25) is 0 Å². The fourth-order valence-corrected chi connectivity index (χ4v) is 1.33. The second-order valence-corrected chi connectivity index (χ2v) is 3.73. The Morgan fingerprint density at radius 2 is 2.20 bits per heavy atom. The summed E-state index contributed by atoms with van der Waals surface area (Å²) in [5.41, 5.74) is -0.347. The molecule has 0 bridgehead atoms. The highest BCUT2D eigenvalue weighted by Crippen LogP contribution is 2.25. The van der Waals surface area contributed by atoms with Gasteiger partial charge in [-0.05, 0) is 6.92 Å². The highest BCUT2D eigenvalue weighted by molar-refractivity contribution is 5.84. The molecule has 1 amide bonds. The minimum absolute atomic E-state index is 0.192. The molecule has 0 aromatic carbocycles. The number of amides is 1. The lowest BCUT2D eigenvalue weighted by Crippen LogP contribution is -2.35. The van der Waals surface area contributed by atoms with Gasteiger partial charge >= 0.3 is 17.5 Å². The normalized spacial score (nSPS) is 11.6. The maximum Gasteiger partial charge on any atom is 0.350 e. The van der Waals surface area contributed by atoms with Gasteiger partial charge in [-0.3, -0.25) is 19.7 Å². The van der Waals surface area contributed by atoms with Gasteiger partial charge in [0.15, 0.2) is 0 Å². The zero-order valence-corrected chi connectivity index (χ0v) is 11.2. The van der Waals surface area contributed by atoms with Crippen molar-refractivity contribution in [3.05, 3.63) is 16.3 Å². The van der Waals surface area contributed by atoms with Crippen LogP contribution in [-0.2, 0) is 14.3 Å². The van der Waals surface area contributed by atoms with Gasteiger partial charge in [-0.25, -0.2) is 4.68 Å². The van der Waals surface area contributed by atoms with Crippen molar-refractivity contribution in [1.82, 2.24) is 15.1 Å². The van der Waals surface area contributed by atoms with E-state index in [1.54, 1.807) is 0 Å². The molecule has 1 unspecified atom stereocenters. The van der Waals surface area contributed by atoms with Crippen molar-refractivity contribution in [2.45, 2.75) is 13.0 Å². The summed E-state index contributed by atoms with van der Waals surface area (Å²) in [6, 6.07) is -0.845. The van der Waals surface area contributed by atoms with Crippen molar-refractivity contribution in [2.75, 3.05) is 20.8 Å². The predicted molar refractivity (Wildman–Crippen MR) is 65.2 cm³/mol. The smallest absolute Gasteiger partial charge is 0.350 e. The van der Waals surface area contributed by atoms with Crippen molar-refractivity contribution in [3.63, 3.8) is 0 Å². The Kier molecular flexibility index (Phi) is 5.01. The third kappa shape index (κ3) is 3.43. The van der Waals surface area contributed by atoms with Crippen molar-refractivity contribution in [1.29, 1.82) is 0 Å². The molecular weight excluding hydrogens is 272 g/mol. The molecule has 0 aliphatic rings. The van der Waals surface area contributed by atoms with Crippen LogP contribution >= 0.6 is 0 Å². The Balaban J connectivity index is 2.81. The fraction of sp³-hybridized carbons (Fsp3) is 0.500. The third-order valence-corrected chi connectivity index (χ3v) is 2.48. The van der Waals surface area contributed by atoms with E-state index in [4.69, 9.17) is 4.74 Å². The van der Waals surface area contributed by atoms with Crippen LogP contribution in [0.25, 0.3) is 0 Å². The number of carbonyl (C=O) groups excluding carboxylic acids is 2. The van der Waals surface area contributed by atoms with Crippen LogP contribution in [0.1, 0.15) is 13.0 Å². The summed E-state index contributed by atoms with van der Waals surface area (Å²) >= 11 is 0. The van der Waals surface area contributed by atoms with Gasteiger partial charge in [-0.2, -0.15) is 0 Å². The summed E-state index contributed by atoms with van der Waals surface area (Å²) < 4.78 is 10.2. The largest absolute Gasteiger partial charge is 0.475 e. The number of nitrogens with one attached hydrogen (secondary N) is 1. The van der Waals surface area contributed by atoms with Gasteiger partial charge in [0, 0.05) is 0 Å². The Morgan fingerprint density at radius 1 is 1.55 bits per heavy atom. The number of hydrogen-bond donors (Lipinski definition) is 1. The van der Waals surface area contributed by atoms with Crippen LogP contribution < -0.4 is 10.1 Å². The summed E-state index contributed by atoms with van der Waals surface area (Å²) in [6.45, 7) is 1.18. The summed E-state index contributed by atoms with van der Waals surface area (Å²) in [5.74, 6) is -1.33. The number of methoxy groups -OCH3 is 2. The summed E-state index contributed by atoms with van der Waals surface area (Å²) in [7, 11) is 2.43. The molecule has 0 saturated carbocycles. The maximum absolute atomic E-state index is 11.8. The van der Waals surface area contributed by atoms with E-state index in [1.165, 1.54) is 21.1 Å². The van der Waals surface area contributed by atoms with Gasteiger partial charge < -0.3 is 14.8 Å². The van der Waals surface area contributed by atoms with Crippen LogP contribution in [0.5, 0.6) is 5.88 Å². The average molecular weight is 286 g/mol. The molecule has 10 heteroatoms. The van der Waals surface area contributed by atoms with Crippen LogP contribution in [0.3, 0.4) is 0 Å². The fourth-order valence-electron chi connectivity index (χ4n) is 1.33. The van der Waals surface area contributed by atoms with Crippen LogP contribution in [0.15, 0.2) is 6.20 Å². The summed E-state index contributed by atoms with van der Waals surface area (Å²) in [5, 5.41) is 16.9. The van der Waals surface area contributed by atoms with Crippen molar-refractivity contribution >= 4 is 17.6 Å². The lowest BCUT2D eigenvalue weighted by molar-refractivity contribution is -0.385. The van der Waals surface area contributed by atoms with Gasteiger partial charge in [-0.1, -0.05) is 0 Å². The molecule has 0 saturated heterocycles. The Bertz CT molecular complexity index is 526. The first-order chi connectivity index (χ1) is 9.40. The van der Waals surface area contributed by atoms with E-state index >= 15 is 0 Å². The number of nitrogens with zero attached hydrogens (tertiary/aromatic N) is 3. The molecule has 1 rings (SSSR count). The molecule has 20 heavy (non-hydrogen) atoms. The second-order valence-electron chi connectivity index (χ2n) is 3.73. The molecular formula is C10H14N4O6. The van der Waals surface area contributed by atoms with Crippen molar-refractivity contribution < 1.29 is 24.0 Å². The molecule has 1 atom stereocenters. The lowest BCUT2D eigenvalue weighted by Gasteiger charge is -2.11. The van der Waals surface area contributed by atoms with Gasteiger partial charge in [0.1, 0.15) is 18.8 Å². The highest BCUT2D eigenvalue weighted by Gasteiger charge is 2.25. The third-order valence-electron chi connectivity index (χ3n) is 2.48. The van der Waals surface area contributed by atoms with Gasteiger partial charge in [-0.15, -0.1) is 5.10 Å². The maximum atomic E-state index is 11.8. The zero-order valence-electron chi connectivity index (χ0n) is 11.2. The molecule has 0 aliphatic heterocycles. The summed E-state index contributed by atoms with van der Waals surface area (Å²) in [4.78, 5) is 32.7. The van der Waals surface area contributed by atoms with Crippen LogP contribution in [0, 0.1) is 10.1 Å². The lowest BCUT2D eigenvalue weighted by atomic mass is 10.3. The molecule has 10 nitrogen and oxygen atoms in total. The predicted octanol–water partition coefficient (Wildman–Crippen LogP) is -0.350. The number of aromatic nitrogens is 2. The van der Waals surface area contributed by atoms with E-state index in [-0.39, 0.29) is 18.1 Å². The summed E-state index contributed by atoms with van der Waals surface area (Å²) in [6.07, 6.45) is 1.08. The van der Waals surface area contributed by atoms with Gasteiger partial charge in [0.25, 0.3) is 0 Å². The Labute approximate surface area is 113 Å². The first-order valence-corrected chi connectivity index (χ1v) is 5.52. The zero-order chi connectivity index (χ0) is 15.3. The minimum Gasteiger partial charge on any atom is -0.475 e. The molecule has 0 aliphatic carbocycles. The number of rotatable bonds is 6. The minimum atomic E-state index is -0.845. The van der Waals surface area contributed by atoms with Gasteiger partial charge in [0.2, 0.25) is 5.91 Å². The van der Waals surface area contributed by atoms with E-state index in [9.17, 15) is 19.7 Å². The number of esters is 1. The topological polar surface area (TPSA) is 126 Å². The Morgan fingerprint density at radius 3 is 2.65 bits per heavy atom. The van der Waals surface area contributed by atoms with E-state index < -0.39 is 22.8 Å². The van der Waals surface area contributed by atoms with E-state index in [2.05, 4.69) is 15.2 Å². The van der Waals surface area contributed by atoms with E-state index in [1.807, 2.05) is 0 Å². The molecule has 1 aromatic rings. The molecule has 0 radical (unpaired) electrons.